The minimum absolute atomic E-state index is 0.0735. The topological polar surface area (TPSA) is 83.6 Å². The molecule has 0 radical (unpaired) electrons. The number of hydrogen-bond acceptors (Lipinski definition) is 5. The number of carbonyl (C=O) groups is 2. The summed E-state index contributed by atoms with van der Waals surface area (Å²) < 4.78 is 4.81. The first-order valence-corrected chi connectivity index (χ1v) is 7.58. The highest BCUT2D eigenvalue weighted by atomic mass is 16.5. The Morgan fingerprint density at radius 1 is 1.21 bits per heavy atom. The SMILES string of the molecule is CC(C)(C)C(=O)C1=C(O)C(=O)N(c2ccc(-c3ccon3)cc2)C1. The Morgan fingerprint density at radius 3 is 2.42 bits per heavy atom. The summed E-state index contributed by atoms with van der Waals surface area (Å²) in [5.41, 5.74) is 1.65. The van der Waals surface area contributed by atoms with E-state index < -0.39 is 17.1 Å². The standard InChI is InChI=1S/C18H18N2O4/c1-18(2,3)16(22)13-10-20(17(23)15(13)21)12-6-4-11(5-7-12)14-8-9-24-19-14/h4-9,21H,10H2,1-3H3. The van der Waals surface area contributed by atoms with E-state index in [1.807, 2.05) is 0 Å². The van der Waals surface area contributed by atoms with E-state index in [1.54, 1.807) is 51.1 Å². The third-order valence-electron chi connectivity index (χ3n) is 3.92. The van der Waals surface area contributed by atoms with E-state index in [4.69, 9.17) is 4.52 Å². The summed E-state index contributed by atoms with van der Waals surface area (Å²) in [5.74, 6) is -1.25. The predicted octanol–water partition coefficient (Wildman–Crippen LogP) is 3.12. The van der Waals surface area contributed by atoms with Gasteiger partial charge < -0.3 is 14.5 Å². The monoisotopic (exact) mass is 326 g/mol. The Bertz CT molecular complexity index is 812. The third-order valence-corrected chi connectivity index (χ3v) is 3.92. The zero-order valence-electron chi connectivity index (χ0n) is 13.7. The number of aliphatic hydroxyl groups is 1. The first-order valence-electron chi connectivity index (χ1n) is 7.58. The smallest absolute Gasteiger partial charge is 0.293 e. The number of ketones is 1. The molecule has 2 aromatic rings. The van der Waals surface area contributed by atoms with E-state index in [2.05, 4.69) is 5.16 Å². The molecule has 124 valence electrons. The highest BCUT2D eigenvalue weighted by molar-refractivity contribution is 6.16. The maximum Gasteiger partial charge on any atom is 0.293 e. The zero-order valence-corrected chi connectivity index (χ0v) is 13.7. The van der Waals surface area contributed by atoms with Crippen molar-refractivity contribution in [3.05, 3.63) is 47.9 Å². The highest BCUT2D eigenvalue weighted by Crippen LogP contribution is 2.31. The third kappa shape index (κ3) is 2.71. The van der Waals surface area contributed by atoms with Gasteiger partial charge in [-0.05, 0) is 12.1 Å². The highest BCUT2D eigenvalue weighted by Gasteiger charge is 2.38. The molecule has 2 heterocycles. The minimum atomic E-state index is -0.656. The summed E-state index contributed by atoms with van der Waals surface area (Å²) in [6.45, 7) is 5.35. The molecule has 0 saturated heterocycles. The molecule has 1 aliphatic heterocycles. The van der Waals surface area contributed by atoms with Crippen molar-refractivity contribution in [1.82, 2.24) is 5.16 Å². The fourth-order valence-electron chi connectivity index (χ4n) is 2.58. The lowest BCUT2D eigenvalue weighted by molar-refractivity contribution is -0.123. The number of anilines is 1. The molecule has 1 amide bonds. The minimum Gasteiger partial charge on any atom is -0.503 e. The van der Waals surface area contributed by atoms with Crippen molar-refractivity contribution in [2.75, 3.05) is 11.4 Å². The van der Waals surface area contributed by atoms with Crippen molar-refractivity contribution >= 4 is 17.4 Å². The van der Waals surface area contributed by atoms with Crippen molar-refractivity contribution in [3.63, 3.8) is 0 Å². The van der Waals surface area contributed by atoms with Gasteiger partial charge in [0.2, 0.25) is 0 Å². The summed E-state index contributed by atoms with van der Waals surface area (Å²) in [4.78, 5) is 26.1. The van der Waals surface area contributed by atoms with E-state index in [0.717, 1.165) is 5.56 Å². The van der Waals surface area contributed by atoms with Crippen LogP contribution in [-0.4, -0.2) is 28.5 Å². The van der Waals surface area contributed by atoms with Crippen LogP contribution >= 0.6 is 0 Å². The van der Waals surface area contributed by atoms with Crippen LogP contribution in [0.5, 0.6) is 0 Å². The molecule has 0 bridgehead atoms. The van der Waals surface area contributed by atoms with E-state index in [-0.39, 0.29) is 17.9 Å². The van der Waals surface area contributed by atoms with Crippen LogP contribution in [0.25, 0.3) is 11.3 Å². The van der Waals surface area contributed by atoms with Gasteiger partial charge in [0.25, 0.3) is 5.91 Å². The first kappa shape index (κ1) is 16.0. The lowest BCUT2D eigenvalue weighted by atomic mass is 9.86. The van der Waals surface area contributed by atoms with Gasteiger partial charge in [-0.15, -0.1) is 0 Å². The predicted molar refractivity (Wildman–Crippen MR) is 88.4 cm³/mol. The number of hydrogen-bond donors (Lipinski definition) is 1. The van der Waals surface area contributed by atoms with E-state index in [0.29, 0.717) is 11.4 Å². The van der Waals surface area contributed by atoms with Gasteiger partial charge in [0.1, 0.15) is 12.0 Å². The van der Waals surface area contributed by atoms with Gasteiger partial charge in [-0.1, -0.05) is 38.1 Å². The molecule has 0 unspecified atom stereocenters. The second kappa shape index (κ2) is 5.63. The van der Waals surface area contributed by atoms with Crippen LogP contribution in [0.15, 0.2) is 52.5 Å². The Morgan fingerprint density at radius 2 is 1.88 bits per heavy atom. The van der Waals surface area contributed by atoms with Crippen LogP contribution in [0.2, 0.25) is 0 Å². The number of aliphatic hydroxyl groups excluding tert-OH is 1. The van der Waals surface area contributed by atoms with Gasteiger partial charge in [0.15, 0.2) is 11.5 Å². The number of nitrogens with zero attached hydrogens (tertiary/aromatic N) is 2. The van der Waals surface area contributed by atoms with Crippen LogP contribution in [-0.2, 0) is 9.59 Å². The van der Waals surface area contributed by atoms with E-state index in [9.17, 15) is 14.7 Å². The molecule has 1 aliphatic rings. The number of carbonyl (C=O) groups excluding carboxylic acids is 2. The molecule has 0 fully saturated rings. The largest absolute Gasteiger partial charge is 0.503 e. The summed E-state index contributed by atoms with van der Waals surface area (Å²) in [6.07, 6.45) is 1.49. The van der Waals surface area contributed by atoms with Gasteiger partial charge in [-0.2, -0.15) is 0 Å². The fourth-order valence-corrected chi connectivity index (χ4v) is 2.58. The maximum atomic E-state index is 12.4. The molecule has 1 aromatic carbocycles. The summed E-state index contributed by atoms with van der Waals surface area (Å²) in [6, 6.07) is 8.85. The summed E-state index contributed by atoms with van der Waals surface area (Å²) in [7, 11) is 0. The molecule has 0 aliphatic carbocycles. The number of aromatic nitrogens is 1. The zero-order chi connectivity index (χ0) is 17.5. The van der Waals surface area contributed by atoms with Crippen LogP contribution in [0.1, 0.15) is 20.8 Å². The van der Waals surface area contributed by atoms with Crippen LogP contribution < -0.4 is 4.90 Å². The van der Waals surface area contributed by atoms with Crippen molar-refractivity contribution < 1.29 is 19.2 Å². The Balaban J connectivity index is 1.85. The van der Waals surface area contributed by atoms with Gasteiger partial charge in [-0.3, -0.25) is 9.59 Å². The second-order valence-corrected chi connectivity index (χ2v) is 6.73. The Hall–Kier alpha value is -2.89. The first-order chi connectivity index (χ1) is 11.3. The molecule has 0 saturated carbocycles. The Labute approximate surface area is 139 Å². The molecule has 1 N–H and O–H groups in total. The molecule has 0 atom stereocenters. The van der Waals surface area contributed by atoms with Gasteiger partial charge >= 0.3 is 0 Å². The molecular formula is C18H18N2O4. The number of amides is 1. The van der Waals surface area contributed by atoms with E-state index >= 15 is 0 Å². The van der Waals surface area contributed by atoms with Gasteiger partial charge in [0.05, 0.1) is 12.1 Å². The van der Waals surface area contributed by atoms with Crippen LogP contribution in [0.4, 0.5) is 5.69 Å². The second-order valence-electron chi connectivity index (χ2n) is 6.73. The Kier molecular flexibility index (Phi) is 3.75. The lowest BCUT2D eigenvalue weighted by Crippen LogP contribution is -2.29. The number of Topliss-reactive ketones (excluding diaryl/α,β-unsaturated/α-hetero) is 1. The molecular weight excluding hydrogens is 308 g/mol. The summed E-state index contributed by atoms with van der Waals surface area (Å²) >= 11 is 0. The lowest BCUT2D eigenvalue weighted by Gasteiger charge is -2.19. The van der Waals surface area contributed by atoms with Crippen molar-refractivity contribution in [3.8, 4) is 11.3 Å². The maximum absolute atomic E-state index is 12.4. The molecule has 3 rings (SSSR count). The quantitative estimate of drug-likeness (QED) is 0.937. The summed E-state index contributed by atoms with van der Waals surface area (Å²) in [5, 5.41) is 13.9. The van der Waals surface area contributed by atoms with Crippen LogP contribution in [0, 0.1) is 5.41 Å². The molecule has 6 heteroatoms. The number of rotatable bonds is 3. The number of benzene rings is 1. The van der Waals surface area contributed by atoms with Gasteiger partial charge in [0, 0.05) is 22.7 Å². The molecule has 0 spiro atoms. The normalized spacial score (nSPS) is 15.3. The average Bonchev–Trinajstić information content (AvgIpc) is 3.16. The van der Waals surface area contributed by atoms with Crippen LogP contribution in [0.3, 0.4) is 0 Å². The van der Waals surface area contributed by atoms with Crippen molar-refractivity contribution in [2.45, 2.75) is 20.8 Å². The fraction of sp³-hybridized carbons (Fsp3) is 0.278. The molecule has 1 aromatic heterocycles. The van der Waals surface area contributed by atoms with E-state index in [1.165, 1.54) is 11.2 Å². The average molecular weight is 326 g/mol. The molecule has 6 nitrogen and oxygen atoms in total. The van der Waals surface area contributed by atoms with Crippen molar-refractivity contribution in [2.24, 2.45) is 5.41 Å². The van der Waals surface area contributed by atoms with Crippen molar-refractivity contribution in [1.29, 1.82) is 0 Å². The molecule has 24 heavy (non-hydrogen) atoms. The van der Waals surface area contributed by atoms with Gasteiger partial charge in [-0.25, -0.2) is 0 Å².